The molecular formula is C14H16O2. The van der Waals surface area contributed by atoms with E-state index in [1.54, 1.807) is 0 Å². The molecule has 0 saturated heterocycles. The van der Waals surface area contributed by atoms with Crippen LogP contribution in [0, 0.1) is 17.8 Å². The van der Waals surface area contributed by atoms with Crippen molar-refractivity contribution in [3.05, 3.63) is 29.8 Å². The molecule has 0 aliphatic heterocycles. The molecule has 0 bridgehead atoms. The maximum Gasteiger partial charge on any atom is 0.119 e. The van der Waals surface area contributed by atoms with Crippen LogP contribution in [0.25, 0.3) is 0 Å². The van der Waals surface area contributed by atoms with Crippen molar-refractivity contribution in [2.75, 3.05) is 13.2 Å². The van der Waals surface area contributed by atoms with Gasteiger partial charge in [-0.3, -0.25) is 0 Å². The molecule has 1 aromatic carbocycles. The largest absolute Gasteiger partial charge is 0.493 e. The Morgan fingerprint density at radius 3 is 2.56 bits per heavy atom. The highest BCUT2D eigenvalue weighted by atomic mass is 16.5. The minimum Gasteiger partial charge on any atom is -0.493 e. The summed E-state index contributed by atoms with van der Waals surface area (Å²) < 4.78 is 5.67. The third-order valence-electron chi connectivity index (χ3n) is 2.88. The van der Waals surface area contributed by atoms with Crippen LogP contribution in [0.1, 0.15) is 24.8 Å². The molecule has 2 rings (SSSR count). The molecule has 1 aliphatic rings. The van der Waals surface area contributed by atoms with E-state index < -0.39 is 0 Å². The van der Waals surface area contributed by atoms with Crippen molar-refractivity contribution in [3.8, 4) is 17.6 Å². The Balaban J connectivity index is 1.85. The van der Waals surface area contributed by atoms with Crippen LogP contribution in [0.4, 0.5) is 0 Å². The van der Waals surface area contributed by atoms with Crippen LogP contribution in [0.15, 0.2) is 24.3 Å². The molecule has 1 aromatic rings. The van der Waals surface area contributed by atoms with Gasteiger partial charge >= 0.3 is 0 Å². The van der Waals surface area contributed by atoms with Crippen molar-refractivity contribution in [2.45, 2.75) is 19.3 Å². The second-order valence-corrected chi connectivity index (χ2v) is 4.09. The first kappa shape index (κ1) is 11.0. The van der Waals surface area contributed by atoms with Crippen molar-refractivity contribution < 1.29 is 9.84 Å². The van der Waals surface area contributed by atoms with Crippen LogP contribution >= 0.6 is 0 Å². The molecule has 2 nitrogen and oxygen atoms in total. The van der Waals surface area contributed by atoms with E-state index in [4.69, 9.17) is 9.84 Å². The van der Waals surface area contributed by atoms with Gasteiger partial charge in [-0.2, -0.15) is 0 Å². The van der Waals surface area contributed by atoms with E-state index in [9.17, 15) is 0 Å². The molecule has 16 heavy (non-hydrogen) atoms. The monoisotopic (exact) mass is 216 g/mol. The molecule has 0 amide bonds. The van der Waals surface area contributed by atoms with E-state index in [0.29, 0.717) is 0 Å². The number of rotatable bonds is 3. The lowest BCUT2D eigenvalue weighted by Gasteiger charge is -2.25. The SMILES string of the molecule is OCC#Cc1ccc(OCC2CCC2)cc1. The van der Waals surface area contributed by atoms with Crippen LogP contribution in [0.5, 0.6) is 5.75 Å². The molecule has 1 fully saturated rings. The van der Waals surface area contributed by atoms with Crippen molar-refractivity contribution in [1.82, 2.24) is 0 Å². The predicted molar refractivity (Wildman–Crippen MR) is 63.2 cm³/mol. The Hall–Kier alpha value is -1.46. The van der Waals surface area contributed by atoms with E-state index in [1.807, 2.05) is 24.3 Å². The lowest BCUT2D eigenvalue weighted by molar-refractivity contribution is 0.180. The number of aliphatic hydroxyl groups excluding tert-OH is 1. The first-order valence-corrected chi connectivity index (χ1v) is 5.71. The molecule has 0 spiro atoms. The van der Waals surface area contributed by atoms with Crippen LogP contribution in [0.2, 0.25) is 0 Å². The minimum atomic E-state index is -0.0973. The highest BCUT2D eigenvalue weighted by Gasteiger charge is 2.17. The fourth-order valence-corrected chi connectivity index (χ4v) is 1.65. The van der Waals surface area contributed by atoms with Crippen molar-refractivity contribution >= 4 is 0 Å². The van der Waals surface area contributed by atoms with E-state index in [1.165, 1.54) is 19.3 Å². The van der Waals surface area contributed by atoms with E-state index in [2.05, 4.69) is 11.8 Å². The summed E-state index contributed by atoms with van der Waals surface area (Å²) in [5.41, 5.74) is 0.907. The topological polar surface area (TPSA) is 29.5 Å². The van der Waals surface area contributed by atoms with E-state index in [0.717, 1.165) is 23.8 Å². The Morgan fingerprint density at radius 1 is 1.25 bits per heavy atom. The van der Waals surface area contributed by atoms with Gasteiger partial charge in [0.25, 0.3) is 0 Å². The van der Waals surface area contributed by atoms with Crippen LogP contribution in [0.3, 0.4) is 0 Å². The summed E-state index contributed by atoms with van der Waals surface area (Å²) in [5, 5.41) is 8.56. The number of aliphatic hydroxyl groups is 1. The molecule has 1 aliphatic carbocycles. The number of hydrogen-bond acceptors (Lipinski definition) is 2. The summed E-state index contributed by atoms with van der Waals surface area (Å²) >= 11 is 0. The zero-order valence-corrected chi connectivity index (χ0v) is 9.28. The van der Waals surface area contributed by atoms with Gasteiger partial charge in [0, 0.05) is 5.56 Å². The zero-order chi connectivity index (χ0) is 11.2. The number of ether oxygens (including phenoxy) is 1. The van der Waals surface area contributed by atoms with E-state index in [-0.39, 0.29) is 6.61 Å². The second-order valence-electron chi connectivity index (χ2n) is 4.09. The highest BCUT2D eigenvalue weighted by molar-refractivity contribution is 5.38. The Kier molecular flexibility index (Phi) is 3.85. The van der Waals surface area contributed by atoms with Gasteiger partial charge < -0.3 is 9.84 Å². The Morgan fingerprint density at radius 2 is 2.00 bits per heavy atom. The van der Waals surface area contributed by atoms with Gasteiger partial charge in [0.15, 0.2) is 0 Å². The predicted octanol–water partition coefficient (Wildman–Crippen LogP) is 2.21. The van der Waals surface area contributed by atoms with Gasteiger partial charge in [0.2, 0.25) is 0 Å². The van der Waals surface area contributed by atoms with Gasteiger partial charge in [-0.1, -0.05) is 18.3 Å². The maximum atomic E-state index is 8.56. The molecule has 0 atom stereocenters. The van der Waals surface area contributed by atoms with Gasteiger partial charge in [-0.15, -0.1) is 0 Å². The van der Waals surface area contributed by atoms with Crippen molar-refractivity contribution in [2.24, 2.45) is 5.92 Å². The van der Waals surface area contributed by atoms with Crippen molar-refractivity contribution in [1.29, 1.82) is 0 Å². The lowest BCUT2D eigenvalue weighted by atomic mass is 9.86. The van der Waals surface area contributed by atoms with Gasteiger partial charge in [-0.25, -0.2) is 0 Å². The normalized spacial score (nSPS) is 14.8. The Labute approximate surface area is 96.3 Å². The molecule has 0 heterocycles. The maximum absolute atomic E-state index is 8.56. The average molecular weight is 216 g/mol. The molecule has 2 heteroatoms. The van der Waals surface area contributed by atoms with Crippen molar-refractivity contribution in [3.63, 3.8) is 0 Å². The third-order valence-corrected chi connectivity index (χ3v) is 2.88. The molecule has 0 radical (unpaired) electrons. The molecule has 1 saturated carbocycles. The zero-order valence-electron chi connectivity index (χ0n) is 9.28. The van der Waals surface area contributed by atoms with Gasteiger partial charge in [-0.05, 0) is 43.0 Å². The highest BCUT2D eigenvalue weighted by Crippen LogP contribution is 2.27. The number of hydrogen-bond donors (Lipinski definition) is 1. The standard InChI is InChI=1S/C14H16O2/c15-10-2-5-12-6-8-14(9-7-12)16-11-13-3-1-4-13/h6-9,13,15H,1,3-4,10-11H2. The summed E-state index contributed by atoms with van der Waals surface area (Å²) in [6, 6.07) is 7.69. The summed E-state index contributed by atoms with van der Waals surface area (Å²) in [6.07, 6.45) is 3.96. The molecule has 0 aromatic heterocycles. The summed E-state index contributed by atoms with van der Waals surface area (Å²) in [6.45, 7) is 0.738. The third kappa shape index (κ3) is 3.01. The average Bonchev–Trinajstić information content (AvgIpc) is 2.26. The lowest BCUT2D eigenvalue weighted by Crippen LogP contribution is -2.19. The molecule has 0 unspecified atom stereocenters. The van der Waals surface area contributed by atoms with Crippen LogP contribution in [-0.4, -0.2) is 18.3 Å². The first-order valence-electron chi connectivity index (χ1n) is 5.71. The summed E-state index contributed by atoms with van der Waals surface area (Å²) in [4.78, 5) is 0. The summed E-state index contributed by atoms with van der Waals surface area (Å²) in [5.74, 6) is 7.13. The molecular weight excluding hydrogens is 200 g/mol. The minimum absolute atomic E-state index is 0.0973. The fraction of sp³-hybridized carbons (Fsp3) is 0.429. The second kappa shape index (κ2) is 5.58. The Bertz CT molecular complexity index is 379. The number of benzene rings is 1. The molecule has 84 valence electrons. The first-order chi connectivity index (χ1) is 7.88. The smallest absolute Gasteiger partial charge is 0.119 e. The molecule has 1 N–H and O–H groups in total. The van der Waals surface area contributed by atoms with Gasteiger partial charge in [0.05, 0.1) is 6.61 Å². The quantitative estimate of drug-likeness (QED) is 0.785. The van der Waals surface area contributed by atoms with E-state index >= 15 is 0 Å². The summed E-state index contributed by atoms with van der Waals surface area (Å²) in [7, 11) is 0. The van der Waals surface area contributed by atoms with Crippen LogP contribution < -0.4 is 4.74 Å². The van der Waals surface area contributed by atoms with Gasteiger partial charge in [0.1, 0.15) is 12.4 Å². The fourth-order valence-electron chi connectivity index (χ4n) is 1.65. The van der Waals surface area contributed by atoms with Crippen LogP contribution in [-0.2, 0) is 0 Å².